The lowest BCUT2D eigenvalue weighted by Gasteiger charge is -2.32. The summed E-state index contributed by atoms with van der Waals surface area (Å²) in [6, 6.07) is 12.7. The molecule has 0 saturated carbocycles. The molecular weight excluding hydrogens is 410 g/mol. The van der Waals surface area contributed by atoms with Crippen LogP contribution in [0, 0.1) is 23.0 Å². The number of aryl methyl sites for hydroxylation is 1. The van der Waals surface area contributed by atoms with Gasteiger partial charge in [0.1, 0.15) is 0 Å². The third-order valence-electron chi connectivity index (χ3n) is 4.89. The summed E-state index contributed by atoms with van der Waals surface area (Å²) in [6.45, 7) is 4.30. The van der Waals surface area contributed by atoms with E-state index >= 15 is 0 Å². The van der Waals surface area contributed by atoms with Crippen LogP contribution in [0.1, 0.15) is 24.0 Å². The van der Waals surface area contributed by atoms with Crippen LogP contribution in [0.4, 0.5) is 11.4 Å². The summed E-state index contributed by atoms with van der Waals surface area (Å²) in [7, 11) is 0. The number of benzene rings is 2. The highest BCUT2D eigenvalue weighted by Crippen LogP contribution is 2.25. The number of anilines is 1. The fourth-order valence-electron chi connectivity index (χ4n) is 3.35. The number of amides is 1. The molecule has 1 N–H and O–H groups in total. The highest BCUT2D eigenvalue weighted by atomic mass is 79.9. The lowest BCUT2D eigenvalue weighted by molar-refractivity contribution is -0.384. The van der Waals surface area contributed by atoms with Gasteiger partial charge in [0, 0.05) is 29.7 Å². The minimum absolute atomic E-state index is 0.0172. The van der Waals surface area contributed by atoms with E-state index in [2.05, 4.69) is 38.3 Å². The molecule has 1 unspecified atom stereocenters. The molecule has 1 atom stereocenters. The zero-order chi connectivity index (χ0) is 19.4. The van der Waals surface area contributed by atoms with Crippen LogP contribution >= 0.6 is 15.9 Å². The summed E-state index contributed by atoms with van der Waals surface area (Å²) >= 11 is 3.44. The maximum Gasteiger partial charge on any atom is 0.271 e. The molecule has 1 aliphatic heterocycles. The summed E-state index contributed by atoms with van der Waals surface area (Å²) in [5, 5.41) is 13.9. The second-order valence-electron chi connectivity index (χ2n) is 6.95. The van der Waals surface area contributed by atoms with E-state index in [9.17, 15) is 14.9 Å². The van der Waals surface area contributed by atoms with Gasteiger partial charge in [-0.15, -0.1) is 0 Å². The third-order valence-corrected chi connectivity index (χ3v) is 5.41. The number of rotatable bonds is 5. The van der Waals surface area contributed by atoms with Gasteiger partial charge in [-0.3, -0.25) is 19.8 Å². The molecule has 3 rings (SSSR count). The van der Waals surface area contributed by atoms with Crippen LogP contribution in [-0.2, 0) is 11.3 Å². The number of hydrogen-bond donors (Lipinski definition) is 1. The van der Waals surface area contributed by atoms with Gasteiger partial charge in [0.15, 0.2) is 0 Å². The summed E-state index contributed by atoms with van der Waals surface area (Å²) < 4.78 is 1.05. The predicted molar refractivity (Wildman–Crippen MR) is 109 cm³/mol. The van der Waals surface area contributed by atoms with Crippen LogP contribution in [0.5, 0.6) is 0 Å². The molecule has 27 heavy (non-hydrogen) atoms. The Hall–Kier alpha value is -2.25. The van der Waals surface area contributed by atoms with E-state index in [1.54, 1.807) is 6.07 Å². The largest absolute Gasteiger partial charge is 0.325 e. The maximum absolute atomic E-state index is 12.7. The van der Waals surface area contributed by atoms with E-state index in [1.807, 2.05) is 19.1 Å². The van der Waals surface area contributed by atoms with E-state index in [0.717, 1.165) is 36.0 Å². The van der Waals surface area contributed by atoms with Crippen LogP contribution in [0.2, 0.25) is 0 Å². The summed E-state index contributed by atoms with van der Waals surface area (Å²) in [5.41, 5.74) is 2.53. The molecule has 1 fully saturated rings. The lowest BCUT2D eigenvalue weighted by atomic mass is 9.96. The van der Waals surface area contributed by atoms with Crippen LogP contribution in [0.3, 0.4) is 0 Å². The van der Waals surface area contributed by atoms with Gasteiger partial charge in [0.25, 0.3) is 5.69 Å². The Morgan fingerprint density at radius 1 is 1.30 bits per heavy atom. The number of carbonyl (C=O) groups excluding carboxylic acids is 1. The van der Waals surface area contributed by atoms with Crippen molar-refractivity contribution in [2.45, 2.75) is 26.3 Å². The zero-order valence-electron chi connectivity index (χ0n) is 15.2. The second kappa shape index (κ2) is 8.63. The van der Waals surface area contributed by atoms with Gasteiger partial charge in [0.2, 0.25) is 5.91 Å². The van der Waals surface area contributed by atoms with Gasteiger partial charge in [-0.25, -0.2) is 0 Å². The molecule has 2 aromatic carbocycles. The number of carbonyl (C=O) groups is 1. The minimum Gasteiger partial charge on any atom is -0.325 e. The normalized spacial score (nSPS) is 17.5. The molecule has 142 valence electrons. The Morgan fingerprint density at radius 2 is 2.04 bits per heavy atom. The number of halogens is 1. The second-order valence-corrected chi connectivity index (χ2v) is 7.86. The van der Waals surface area contributed by atoms with Gasteiger partial charge in [-0.1, -0.05) is 34.1 Å². The Morgan fingerprint density at radius 3 is 2.74 bits per heavy atom. The first-order valence-corrected chi connectivity index (χ1v) is 9.74. The lowest BCUT2D eigenvalue weighted by Crippen LogP contribution is -2.40. The van der Waals surface area contributed by atoms with Crippen molar-refractivity contribution in [1.82, 2.24) is 4.90 Å². The predicted octanol–water partition coefficient (Wildman–Crippen LogP) is 4.52. The standard InChI is InChI=1S/C20H22BrN3O3/c1-14-4-9-18(24(26)27)11-19(14)22-20(25)16-3-2-10-23(13-16)12-15-5-7-17(21)8-6-15/h4-9,11,16H,2-3,10,12-13H2,1H3,(H,22,25). The number of hydrogen-bond acceptors (Lipinski definition) is 4. The van der Waals surface area contributed by atoms with E-state index in [0.29, 0.717) is 12.2 Å². The molecular formula is C20H22BrN3O3. The van der Waals surface area contributed by atoms with Crippen molar-refractivity contribution in [3.05, 3.63) is 68.2 Å². The van der Waals surface area contributed by atoms with Crippen LogP contribution in [0.25, 0.3) is 0 Å². The number of nitro groups is 1. The molecule has 7 heteroatoms. The van der Waals surface area contributed by atoms with E-state index in [1.165, 1.54) is 17.7 Å². The summed E-state index contributed by atoms with van der Waals surface area (Å²) in [6.07, 6.45) is 1.79. The summed E-state index contributed by atoms with van der Waals surface area (Å²) in [5.74, 6) is -0.188. The Bertz CT molecular complexity index is 839. The first-order valence-electron chi connectivity index (χ1n) is 8.95. The van der Waals surface area contributed by atoms with Crippen LogP contribution in [0.15, 0.2) is 46.9 Å². The number of nitrogens with zero attached hydrogens (tertiary/aromatic N) is 2. The zero-order valence-corrected chi connectivity index (χ0v) is 16.7. The third kappa shape index (κ3) is 5.14. The monoisotopic (exact) mass is 431 g/mol. The molecule has 6 nitrogen and oxygen atoms in total. The molecule has 0 bridgehead atoms. The average Bonchev–Trinajstić information content (AvgIpc) is 2.65. The van der Waals surface area contributed by atoms with Gasteiger partial charge >= 0.3 is 0 Å². The summed E-state index contributed by atoms with van der Waals surface area (Å²) in [4.78, 5) is 25.5. The fourth-order valence-corrected chi connectivity index (χ4v) is 3.62. The van der Waals surface area contributed by atoms with Crippen molar-refractivity contribution < 1.29 is 9.72 Å². The SMILES string of the molecule is Cc1ccc([N+](=O)[O-])cc1NC(=O)C1CCCN(Cc2ccc(Br)cc2)C1. The number of nitrogens with one attached hydrogen (secondary N) is 1. The molecule has 0 spiro atoms. The van der Waals surface area contributed by atoms with Crippen molar-refractivity contribution in [2.75, 3.05) is 18.4 Å². The van der Waals surface area contributed by atoms with Crippen molar-refractivity contribution in [1.29, 1.82) is 0 Å². The number of nitro benzene ring substituents is 1. The Labute approximate surface area is 166 Å². The van der Waals surface area contributed by atoms with Crippen molar-refractivity contribution in [2.24, 2.45) is 5.92 Å². The first kappa shape index (κ1) is 19.5. The quantitative estimate of drug-likeness (QED) is 0.557. The minimum atomic E-state index is -0.449. The van der Waals surface area contributed by atoms with Gasteiger partial charge in [0.05, 0.1) is 16.5 Å². The molecule has 0 aliphatic carbocycles. The van der Waals surface area contributed by atoms with Crippen molar-refractivity contribution >= 4 is 33.2 Å². The maximum atomic E-state index is 12.7. The van der Waals surface area contributed by atoms with Crippen LogP contribution < -0.4 is 5.32 Å². The Kier molecular flexibility index (Phi) is 6.23. The number of piperidine rings is 1. The molecule has 2 aromatic rings. The smallest absolute Gasteiger partial charge is 0.271 e. The van der Waals surface area contributed by atoms with Crippen molar-refractivity contribution in [3.8, 4) is 0 Å². The van der Waals surface area contributed by atoms with E-state index < -0.39 is 4.92 Å². The van der Waals surface area contributed by atoms with Crippen LogP contribution in [-0.4, -0.2) is 28.8 Å². The topological polar surface area (TPSA) is 75.5 Å². The molecule has 1 saturated heterocycles. The molecule has 1 heterocycles. The molecule has 1 amide bonds. The van der Waals surface area contributed by atoms with E-state index in [4.69, 9.17) is 0 Å². The fraction of sp³-hybridized carbons (Fsp3) is 0.350. The van der Waals surface area contributed by atoms with Gasteiger partial charge < -0.3 is 5.32 Å². The van der Waals surface area contributed by atoms with Gasteiger partial charge in [-0.05, 0) is 49.6 Å². The Balaban J connectivity index is 1.64. The molecule has 0 aromatic heterocycles. The van der Waals surface area contributed by atoms with E-state index in [-0.39, 0.29) is 17.5 Å². The van der Waals surface area contributed by atoms with Gasteiger partial charge in [-0.2, -0.15) is 0 Å². The number of non-ortho nitro benzene ring substituents is 1. The average molecular weight is 432 g/mol. The highest BCUT2D eigenvalue weighted by molar-refractivity contribution is 9.10. The van der Waals surface area contributed by atoms with Crippen molar-refractivity contribution in [3.63, 3.8) is 0 Å². The molecule has 0 radical (unpaired) electrons. The first-order chi connectivity index (χ1) is 12.9. The molecule has 1 aliphatic rings. The number of likely N-dealkylation sites (tertiary alicyclic amines) is 1. The highest BCUT2D eigenvalue weighted by Gasteiger charge is 2.26.